The molecule has 2 amide bonds. The van der Waals surface area contributed by atoms with Gasteiger partial charge in [-0.1, -0.05) is 19.8 Å². The quantitative estimate of drug-likeness (QED) is 0.625. The van der Waals surface area contributed by atoms with Crippen LogP contribution in [0, 0.1) is 0 Å². The molecular weight excluding hydrogens is 248 g/mol. The molecule has 1 saturated heterocycles. The van der Waals surface area contributed by atoms with Gasteiger partial charge in [0.25, 0.3) is 0 Å². The molecule has 1 fully saturated rings. The van der Waals surface area contributed by atoms with Gasteiger partial charge in [0.05, 0.1) is 6.10 Å². The molecule has 1 aliphatic heterocycles. The van der Waals surface area contributed by atoms with E-state index >= 15 is 0 Å². The van der Waals surface area contributed by atoms with E-state index in [1.54, 1.807) is 0 Å². The Bertz CT molecular complexity index is 290. The normalized spacial score (nSPS) is 19.9. The van der Waals surface area contributed by atoms with Crippen molar-refractivity contribution in [3.63, 3.8) is 0 Å². The lowest BCUT2D eigenvalue weighted by Crippen LogP contribution is -2.46. The van der Waals surface area contributed by atoms with Gasteiger partial charge in [-0.15, -0.1) is 0 Å². The SMILES string of the molecule is CCCCC(NC(=O)NCCC1CCCO1)C(=O)O. The molecule has 2 unspecified atom stereocenters. The summed E-state index contributed by atoms with van der Waals surface area (Å²) >= 11 is 0. The highest BCUT2D eigenvalue weighted by Gasteiger charge is 2.19. The second kappa shape index (κ2) is 8.74. The van der Waals surface area contributed by atoms with Crippen molar-refractivity contribution in [1.82, 2.24) is 10.6 Å². The molecular formula is C13H24N2O4. The van der Waals surface area contributed by atoms with Crippen LogP contribution in [0.3, 0.4) is 0 Å². The number of nitrogens with one attached hydrogen (secondary N) is 2. The van der Waals surface area contributed by atoms with Gasteiger partial charge in [0.1, 0.15) is 6.04 Å². The Balaban J connectivity index is 2.17. The highest BCUT2D eigenvalue weighted by atomic mass is 16.5. The lowest BCUT2D eigenvalue weighted by atomic mass is 10.1. The van der Waals surface area contributed by atoms with Crippen molar-refractivity contribution in [3.8, 4) is 0 Å². The molecule has 0 aliphatic carbocycles. The van der Waals surface area contributed by atoms with E-state index in [-0.39, 0.29) is 6.10 Å². The van der Waals surface area contributed by atoms with Gasteiger partial charge < -0.3 is 20.5 Å². The molecule has 0 aromatic heterocycles. The van der Waals surface area contributed by atoms with Crippen LogP contribution in [0.2, 0.25) is 0 Å². The third-order valence-corrected chi connectivity index (χ3v) is 3.23. The predicted octanol–water partition coefficient (Wildman–Crippen LogP) is 1.50. The van der Waals surface area contributed by atoms with Gasteiger partial charge in [0.2, 0.25) is 0 Å². The maximum atomic E-state index is 11.6. The van der Waals surface area contributed by atoms with Crippen molar-refractivity contribution >= 4 is 12.0 Å². The third kappa shape index (κ3) is 6.42. The molecule has 3 N–H and O–H groups in total. The van der Waals surface area contributed by atoms with Gasteiger partial charge in [-0.3, -0.25) is 0 Å². The van der Waals surface area contributed by atoms with Crippen LogP contribution in [0.15, 0.2) is 0 Å². The molecule has 0 saturated carbocycles. The number of carbonyl (C=O) groups excluding carboxylic acids is 1. The lowest BCUT2D eigenvalue weighted by Gasteiger charge is -2.15. The molecule has 0 bridgehead atoms. The number of hydrogen-bond donors (Lipinski definition) is 3. The molecule has 1 aliphatic rings. The standard InChI is InChI=1S/C13H24N2O4/c1-2-3-6-11(12(16)17)15-13(18)14-8-7-10-5-4-9-19-10/h10-11H,2-9H2,1H3,(H,16,17)(H2,14,15,18). The monoisotopic (exact) mass is 272 g/mol. The number of ether oxygens (including phenoxy) is 1. The number of rotatable bonds is 8. The van der Waals surface area contributed by atoms with E-state index in [1.165, 1.54) is 0 Å². The molecule has 0 aromatic carbocycles. The third-order valence-electron chi connectivity index (χ3n) is 3.23. The Morgan fingerprint density at radius 2 is 2.26 bits per heavy atom. The summed E-state index contributed by atoms with van der Waals surface area (Å²) in [6.45, 7) is 3.30. The van der Waals surface area contributed by atoms with Crippen molar-refractivity contribution < 1.29 is 19.4 Å². The zero-order chi connectivity index (χ0) is 14.1. The minimum Gasteiger partial charge on any atom is -0.480 e. The zero-order valence-electron chi connectivity index (χ0n) is 11.5. The fraction of sp³-hybridized carbons (Fsp3) is 0.846. The van der Waals surface area contributed by atoms with Gasteiger partial charge in [-0.05, 0) is 25.7 Å². The number of unbranched alkanes of at least 4 members (excludes halogenated alkanes) is 1. The second-order valence-electron chi connectivity index (χ2n) is 4.86. The van der Waals surface area contributed by atoms with Gasteiger partial charge in [-0.2, -0.15) is 0 Å². The van der Waals surface area contributed by atoms with Crippen LogP contribution in [0.4, 0.5) is 4.79 Å². The van der Waals surface area contributed by atoms with Crippen LogP contribution in [-0.2, 0) is 9.53 Å². The van der Waals surface area contributed by atoms with Crippen molar-refractivity contribution in [2.75, 3.05) is 13.2 Å². The minimum atomic E-state index is -0.984. The van der Waals surface area contributed by atoms with E-state index in [9.17, 15) is 9.59 Å². The minimum absolute atomic E-state index is 0.232. The van der Waals surface area contributed by atoms with Crippen LogP contribution >= 0.6 is 0 Å². The Labute approximate surface area is 113 Å². The summed E-state index contributed by atoms with van der Waals surface area (Å²) in [7, 11) is 0. The fourth-order valence-electron chi connectivity index (χ4n) is 2.09. The average molecular weight is 272 g/mol. The predicted molar refractivity (Wildman–Crippen MR) is 71.1 cm³/mol. The van der Waals surface area contributed by atoms with Gasteiger partial charge >= 0.3 is 12.0 Å². The molecule has 1 rings (SSSR count). The average Bonchev–Trinajstić information content (AvgIpc) is 2.87. The van der Waals surface area contributed by atoms with E-state index in [4.69, 9.17) is 9.84 Å². The molecule has 0 radical (unpaired) electrons. The Hall–Kier alpha value is -1.30. The van der Waals surface area contributed by atoms with Crippen LogP contribution in [0.1, 0.15) is 45.4 Å². The molecule has 0 spiro atoms. The summed E-state index contributed by atoms with van der Waals surface area (Å²) in [5.74, 6) is -0.984. The van der Waals surface area contributed by atoms with Crippen molar-refractivity contribution in [2.24, 2.45) is 0 Å². The topological polar surface area (TPSA) is 87.7 Å². The summed E-state index contributed by atoms with van der Waals surface area (Å²) in [4.78, 5) is 22.5. The van der Waals surface area contributed by atoms with Crippen molar-refractivity contribution in [1.29, 1.82) is 0 Å². The van der Waals surface area contributed by atoms with E-state index in [1.807, 2.05) is 6.92 Å². The number of hydrogen-bond acceptors (Lipinski definition) is 3. The zero-order valence-corrected chi connectivity index (χ0v) is 11.5. The summed E-state index contributed by atoms with van der Waals surface area (Å²) in [6, 6.07) is -1.22. The van der Waals surface area contributed by atoms with Crippen LogP contribution in [0.25, 0.3) is 0 Å². The maximum absolute atomic E-state index is 11.6. The summed E-state index contributed by atoms with van der Waals surface area (Å²) in [6.07, 6.45) is 5.28. The van der Waals surface area contributed by atoms with Crippen molar-refractivity contribution in [2.45, 2.75) is 57.6 Å². The van der Waals surface area contributed by atoms with Crippen LogP contribution in [0.5, 0.6) is 0 Å². The maximum Gasteiger partial charge on any atom is 0.326 e. The largest absolute Gasteiger partial charge is 0.480 e. The summed E-state index contributed by atoms with van der Waals surface area (Å²) < 4.78 is 5.44. The van der Waals surface area contributed by atoms with Crippen LogP contribution in [-0.4, -0.2) is 42.4 Å². The number of carbonyl (C=O) groups is 2. The number of carboxylic acid groups (broad SMARTS) is 1. The van der Waals surface area contributed by atoms with E-state index in [0.717, 1.165) is 38.7 Å². The molecule has 2 atom stereocenters. The molecule has 6 heteroatoms. The molecule has 1 heterocycles. The summed E-state index contributed by atoms with van der Waals surface area (Å²) in [5.41, 5.74) is 0. The summed E-state index contributed by atoms with van der Waals surface area (Å²) in [5, 5.41) is 14.1. The van der Waals surface area contributed by atoms with Gasteiger partial charge in [0.15, 0.2) is 0 Å². The van der Waals surface area contributed by atoms with Gasteiger partial charge in [-0.25, -0.2) is 9.59 Å². The Morgan fingerprint density at radius 1 is 1.47 bits per heavy atom. The smallest absolute Gasteiger partial charge is 0.326 e. The molecule has 19 heavy (non-hydrogen) atoms. The number of aliphatic carboxylic acids is 1. The van der Waals surface area contributed by atoms with E-state index in [0.29, 0.717) is 13.0 Å². The number of urea groups is 1. The first-order valence-corrected chi connectivity index (χ1v) is 7.02. The Morgan fingerprint density at radius 3 is 2.84 bits per heavy atom. The fourth-order valence-corrected chi connectivity index (χ4v) is 2.09. The molecule has 6 nitrogen and oxygen atoms in total. The highest BCUT2D eigenvalue weighted by molar-refractivity contribution is 5.82. The first-order valence-electron chi connectivity index (χ1n) is 7.02. The van der Waals surface area contributed by atoms with E-state index in [2.05, 4.69) is 10.6 Å². The number of amides is 2. The second-order valence-corrected chi connectivity index (χ2v) is 4.86. The first kappa shape index (κ1) is 15.8. The number of carboxylic acids is 1. The Kier molecular flexibility index (Phi) is 7.25. The lowest BCUT2D eigenvalue weighted by molar-refractivity contribution is -0.139. The molecule has 110 valence electrons. The van der Waals surface area contributed by atoms with Crippen molar-refractivity contribution in [3.05, 3.63) is 0 Å². The highest BCUT2D eigenvalue weighted by Crippen LogP contribution is 2.14. The van der Waals surface area contributed by atoms with E-state index < -0.39 is 18.0 Å². The van der Waals surface area contributed by atoms with Gasteiger partial charge in [0, 0.05) is 13.2 Å². The van der Waals surface area contributed by atoms with Crippen LogP contribution < -0.4 is 10.6 Å². The molecule has 0 aromatic rings. The first-order chi connectivity index (χ1) is 9.13.